The van der Waals surface area contributed by atoms with Gasteiger partial charge in [-0.25, -0.2) is 0 Å². The van der Waals surface area contributed by atoms with Gasteiger partial charge in [0.2, 0.25) is 5.91 Å². The maximum Gasteiger partial charge on any atom is 0.253 e. The number of nitrogens with zero attached hydrogens (tertiary/aromatic N) is 1. The van der Waals surface area contributed by atoms with Gasteiger partial charge in [0.15, 0.2) is 11.5 Å². The maximum absolute atomic E-state index is 12.8. The van der Waals surface area contributed by atoms with Crippen molar-refractivity contribution >= 4 is 11.8 Å². The Labute approximate surface area is 155 Å². The highest BCUT2D eigenvalue weighted by Crippen LogP contribution is 2.29. The molecule has 1 aliphatic heterocycles. The second-order valence-corrected chi connectivity index (χ2v) is 6.32. The number of hydrogen-bond acceptors (Lipinski definition) is 4. The van der Waals surface area contributed by atoms with Crippen LogP contribution >= 0.6 is 0 Å². The van der Waals surface area contributed by atoms with E-state index in [1.165, 1.54) is 0 Å². The predicted octanol–water partition coefficient (Wildman–Crippen LogP) is 2.64. The fourth-order valence-corrected chi connectivity index (χ4v) is 2.99. The summed E-state index contributed by atoms with van der Waals surface area (Å²) in [5, 5.41) is 2.94. The van der Waals surface area contributed by atoms with Crippen LogP contribution < -0.4 is 14.8 Å². The molecular formula is C20H28N2O4. The van der Waals surface area contributed by atoms with E-state index in [1.54, 1.807) is 36.3 Å². The number of amides is 2. The summed E-state index contributed by atoms with van der Waals surface area (Å²) in [5.41, 5.74) is 0.557. The number of benzene rings is 1. The van der Waals surface area contributed by atoms with Crippen LogP contribution in [-0.4, -0.2) is 50.1 Å². The van der Waals surface area contributed by atoms with Crippen LogP contribution in [0.25, 0.3) is 0 Å². The lowest BCUT2D eigenvalue weighted by molar-refractivity contribution is -0.126. The Morgan fingerprint density at radius 1 is 1.31 bits per heavy atom. The van der Waals surface area contributed by atoms with E-state index in [4.69, 9.17) is 9.47 Å². The molecule has 0 aliphatic carbocycles. The molecule has 1 heterocycles. The molecule has 0 spiro atoms. The summed E-state index contributed by atoms with van der Waals surface area (Å²) in [4.78, 5) is 26.6. The predicted molar refractivity (Wildman–Crippen MR) is 101 cm³/mol. The average molecular weight is 360 g/mol. The van der Waals surface area contributed by atoms with Crippen LogP contribution in [-0.2, 0) is 4.79 Å². The quantitative estimate of drug-likeness (QED) is 0.724. The molecule has 1 saturated heterocycles. The Bertz CT molecular complexity index is 637. The van der Waals surface area contributed by atoms with E-state index in [-0.39, 0.29) is 17.7 Å². The lowest BCUT2D eigenvalue weighted by atomic mass is 9.95. The Balaban J connectivity index is 1.97. The molecule has 0 bridgehead atoms. The number of carbonyl (C=O) groups excluding carboxylic acids is 2. The number of hydrogen-bond donors (Lipinski definition) is 1. The zero-order valence-electron chi connectivity index (χ0n) is 15.6. The van der Waals surface area contributed by atoms with Gasteiger partial charge in [0.05, 0.1) is 7.11 Å². The van der Waals surface area contributed by atoms with Crippen LogP contribution in [0.5, 0.6) is 11.5 Å². The topological polar surface area (TPSA) is 67.9 Å². The van der Waals surface area contributed by atoms with Crippen molar-refractivity contribution in [2.45, 2.75) is 26.2 Å². The first kappa shape index (κ1) is 19.8. The maximum atomic E-state index is 12.8. The highest BCUT2D eigenvalue weighted by molar-refractivity contribution is 5.95. The van der Waals surface area contributed by atoms with Gasteiger partial charge < -0.3 is 19.7 Å². The van der Waals surface area contributed by atoms with Crippen LogP contribution in [0, 0.1) is 5.92 Å². The first-order chi connectivity index (χ1) is 12.6. The molecule has 0 aromatic heterocycles. The minimum absolute atomic E-state index is 0.00480. The standard InChI is InChI=1S/C20H28N2O4/c1-4-10-21-19(23)15-8-11-22(12-9-15)20(24)16-6-7-17(26-13-5-2)18(14-16)25-3/h5-7,14-15H,2,4,8-13H2,1,3H3,(H,21,23). The summed E-state index contributed by atoms with van der Waals surface area (Å²) in [5.74, 6) is 1.15. The van der Waals surface area contributed by atoms with Crippen LogP contribution in [0.15, 0.2) is 30.9 Å². The summed E-state index contributed by atoms with van der Waals surface area (Å²) in [6.07, 6.45) is 3.97. The van der Waals surface area contributed by atoms with Crippen LogP contribution in [0.3, 0.4) is 0 Å². The van der Waals surface area contributed by atoms with Gasteiger partial charge in [0, 0.05) is 31.1 Å². The molecular weight excluding hydrogens is 332 g/mol. The summed E-state index contributed by atoms with van der Waals surface area (Å²) < 4.78 is 10.8. The minimum atomic E-state index is -0.0500. The smallest absolute Gasteiger partial charge is 0.253 e. The molecule has 1 aromatic carbocycles. The Hall–Kier alpha value is -2.50. The summed E-state index contributed by atoms with van der Waals surface area (Å²) >= 11 is 0. The molecule has 6 nitrogen and oxygen atoms in total. The summed E-state index contributed by atoms with van der Waals surface area (Å²) in [7, 11) is 1.55. The van der Waals surface area contributed by atoms with Crippen molar-refractivity contribution < 1.29 is 19.1 Å². The largest absolute Gasteiger partial charge is 0.493 e. The number of ether oxygens (including phenoxy) is 2. The molecule has 1 N–H and O–H groups in total. The molecule has 0 unspecified atom stereocenters. The third kappa shape index (κ3) is 5.00. The zero-order valence-corrected chi connectivity index (χ0v) is 15.6. The number of carbonyl (C=O) groups is 2. The number of methoxy groups -OCH3 is 1. The van der Waals surface area contributed by atoms with E-state index in [1.807, 2.05) is 6.92 Å². The summed E-state index contributed by atoms with van der Waals surface area (Å²) in [6.45, 7) is 7.89. The number of nitrogens with one attached hydrogen (secondary N) is 1. The highest BCUT2D eigenvalue weighted by Gasteiger charge is 2.28. The third-order valence-corrected chi connectivity index (χ3v) is 4.47. The van der Waals surface area contributed by atoms with Crippen molar-refractivity contribution in [3.05, 3.63) is 36.4 Å². The molecule has 2 amide bonds. The molecule has 1 aromatic rings. The molecule has 0 saturated carbocycles. The van der Waals surface area contributed by atoms with E-state index in [0.717, 1.165) is 6.42 Å². The lowest BCUT2D eigenvalue weighted by Gasteiger charge is -2.31. The van der Waals surface area contributed by atoms with Crippen molar-refractivity contribution in [1.82, 2.24) is 10.2 Å². The SMILES string of the molecule is C=CCOc1ccc(C(=O)N2CCC(C(=O)NCCC)CC2)cc1OC. The van der Waals surface area contributed by atoms with Crippen LogP contribution in [0.1, 0.15) is 36.5 Å². The second-order valence-electron chi connectivity index (χ2n) is 6.32. The monoisotopic (exact) mass is 360 g/mol. The second kappa shape index (κ2) is 9.85. The van der Waals surface area contributed by atoms with Gasteiger partial charge in [0.1, 0.15) is 6.61 Å². The first-order valence-corrected chi connectivity index (χ1v) is 9.09. The Morgan fingerprint density at radius 3 is 2.65 bits per heavy atom. The van der Waals surface area contributed by atoms with Crippen molar-refractivity contribution in [3.63, 3.8) is 0 Å². The molecule has 0 radical (unpaired) electrons. The van der Waals surface area contributed by atoms with Gasteiger partial charge in [0.25, 0.3) is 5.91 Å². The molecule has 1 aliphatic rings. The Morgan fingerprint density at radius 2 is 2.04 bits per heavy atom. The molecule has 6 heteroatoms. The minimum Gasteiger partial charge on any atom is -0.493 e. The van der Waals surface area contributed by atoms with Gasteiger partial charge in [-0.1, -0.05) is 19.6 Å². The lowest BCUT2D eigenvalue weighted by Crippen LogP contribution is -2.43. The van der Waals surface area contributed by atoms with E-state index >= 15 is 0 Å². The van der Waals surface area contributed by atoms with Gasteiger partial charge in [-0.3, -0.25) is 9.59 Å². The number of piperidine rings is 1. The summed E-state index contributed by atoms with van der Waals surface area (Å²) in [6, 6.07) is 5.17. The van der Waals surface area contributed by atoms with E-state index < -0.39 is 0 Å². The van der Waals surface area contributed by atoms with E-state index in [0.29, 0.717) is 56.1 Å². The molecule has 142 valence electrons. The molecule has 2 rings (SSSR count). The molecule has 1 fully saturated rings. The van der Waals surface area contributed by atoms with E-state index in [9.17, 15) is 9.59 Å². The van der Waals surface area contributed by atoms with Crippen molar-refractivity contribution in [2.24, 2.45) is 5.92 Å². The van der Waals surface area contributed by atoms with E-state index in [2.05, 4.69) is 11.9 Å². The zero-order chi connectivity index (χ0) is 18.9. The van der Waals surface area contributed by atoms with Gasteiger partial charge in [-0.05, 0) is 37.5 Å². The molecule has 26 heavy (non-hydrogen) atoms. The van der Waals surface area contributed by atoms with Crippen LogP contribution in [0.4, 0.5) is 0 Å². The van der Waals surface area contributed by atoms with Crippen LogP contribution in [0.2, 0.25) is 0 Å². The van der Waals surface area contributed by atoms with Crippen molar-refractivity contribution in [3.8, 4) is 11.5 Å². The van der Waals surface area contributed by atoms with Crippen molar-refractivity contribution in [1.29, 1.82) is 0 Å². The highest BCUT2D eigenvalue weighted by atomic mass is 16.5. The third-order valence-electron chi connectivity index (χ3n) is 4.47. The van der Waals surface area contributed by atoms with Gasteiger partial charge >= 0.3 is 0 Å². The average Bonchev–Trinajstić information content (AvgIpc) is 2.69. The number of likely N-dealkylation sites (tertiary alicyclic amines) is 1. The fourth-order valence-electron chi connectivity index (χ4n) is 2.99. The van der Waals surface area contributed by atoms with Crippen molar-refractivity contribution in [2.75, 3.05) is 33.4 Å². The normalized spacial score (nSPS) is 14.6. The van der Waals surface area contributed by atoms with Gasteiger partial charge in [-0.15, -0.1) is 0 Å². The molecule has 0 atom stereocenters. The van der Waals surface area contributed by atoms with Gasteiger partial charge in [-0.2, -0.15) is 0 Å². The fraction of sp³-hybridized carbons (Fsp3) is 0.500. The first-order valence-electron chi connectivity index (χ1n) is 9.09. The Kier molecular flexibility index (Phi) is 7.51. The number of rotatable bonds is 8.